The maximum absolute atomic E-state index is 4.46. The van der Waals surface area contributed by atoms with Gasteiger partial charge in [-0.1, -0.05) is 13.3 Å². The van der Waals surface area contributed by atoms with Gasteiger partial charge in [0.2, 0.25) is 0 Å². The number of hydrogen-bond acceptors (Lipinski definition) is 2. The fourth-order valence-electron chi connectivity index (χ4n) is 2.04. The number of nitrogens with zero attached hydrogens (tertiary/aromatic N) is 1. The van der Waals surface area contributed by atoms with Crippen LogP contribution in [0.2, 0.25) is 0 Å². The van der Waals surface area contributed by atoms with E-state index in [4.69, 9.17) is 0 Å². The van der Waals surface area contributed by atoms with Gasteiger partial charge in [-0.2, -0.15) is 0 Å². The number of likely N-dealkylation sites (tertiary alicyclic amines) is 1. The van der Waals surface area contributed by atoms with E-state index in [1.54, 1.807) is 7.11 Å². The molecule has 1 rings (SSSR count). The number of quaternary nitrogens is 1. The van der Waals surface area contributed by atoms with Crippen molar-refractivity contribution in [2.24, 2.45) is 0 Å². The molecule has 0 unspecified atom stereocenters. The monoisotopic (exact) mass is 234 g/mol. The van der Waals surface area contributed by atoms with Gasteiger partial charge in [-0.15, -0.1) is 0 Å². The van der Waals surface area contributed by atoms with Gasteiger partial charge >= 0.3 is 0 Å². The first-order valence-corrected chi connectivity index (χ1v) is 7.24. The first-order chi connectivity index (χ1) is 7.18. The first kappa shape index (κ1) is 15.3. The molecule has 0 aromatic rings. The van der Waals surface area contributed by atoms with Crippen LogP contribution in [-0.4, -0.2) is 44.5 Å². The molecule has 92 valence electrons. The van der Waals surface area contributed by atoms with Gasteiger partial charge in [0.1, 0.15) is 0 Å². The quantitative estimate of drug-likeness (QED) is 0.545. The molecule has 0 spiro atoms. The van der Waals surface area contributed by atoms with E-state index in [1.165, 1.54) is 68.3 Å². The van der Waals surface area contributed by atoms with Gasteiger partial charge in [0, 0.05) is 6.26 Å². The summed E-state index contributed by atoms with van der Waals surface area (Å²) in [5.41, 5.74) is 0. The van der Waals surface area contributed by atoms with Crippen molar-refractivity contribution >= 4 is 12.0 Å². The normalized spacial score (nSPS) is 19.2. The third kappa shape index (κ3) is 8.12. The minimum absolute atomic E-state index is 1.36. The highest BCUT2D eigenvalue weighted by atomic mass is 32.2. The molecule has 1 aliphatic rings. The van der Waals surface area contributed by atoms with E-state index in [0.717, 1.165) is 0 Å². The number of hydrogen-bond donors (Lipinski definition) is 0. The maximum atomic E-state index is 4.46. The van der Waals surface area contributed by atoms with Gasteiger partial charge in [-0.25, -0.2) is 0 Å². The van der Waals surface area contributed by atoms with Crippen molar-refractivity contribution in [3.63, 3.8) is 0 Å². The zero-order valence-corrected chi connectivity index (χ0v) is 11.7. The van der Waals surface area contributed by atoms with Crippen LogP contribution in [0, 0.1) is 0 Å². The van der Waals surface area contributed by atoms with E-state index >= 15 is 0 Å². The molecule has 1 aliphatic heterocycles. The Labute approximate surface area is 100 Å². The summed E-state index contributed by atoms with van der Waals surface area (Å²) in [6, 6.07) is 0. The smallest absolute Gasteiger partial charge is 0.0784 e. The Morgan fingerprint density at radius 2 is 1.73 bits per heavy atom. The molecular formula is C12H28NOS+. The zero-order valence-electron chi connectivity index (χ0n) is 10.9. The molecule has 0 N–H and O–H groups in total. The molecule has 15 heavy (non-hydrogen) atoms. The molecule has 1 fully saturated rings. The van der Waals surface area contributed by atoms with Crippen LogP contribution in [0.15, 0.2) is 0 Å². The first-order valence-electron chi connectivity index (χ1n) is 6.09. The fraction of sp³-hybridized carbons (Fsp3) is 1.00. The summed E-state index contributed by atoms with van der Waals surface area (Å²) in [4.78, 5) is 0. The van der Waals surface area contributed by atoms with Gasteiger partial charge < -0.3 is 8.67 Å². The largest absolute Gasteiger partial charge is 0.326 e. The van der Waals surface area contributed by atoms with Crippen molar-refractivity contribution in [1.82, 2.24) is 0 Å². The second kappa shape index (κ2) is 9.49. The molecule has 1 heterocycles. The Kier molecular flexibility index (Phi) is 9.66. The topological polar surface area (TPSA) is 9.23 Å². The van der Waals surface area contributed by atoms with Crippen molar-refractivity contribution in [3.8, 4) is 0 Å². The Morgan fingerprint density at radius 1 is 1.20 bits per heavy atom. The van der Waals surface area contributed by atoms with Crippen LogP contribution in [0.4, 0.5) is 0 Å². The summed E-state index contributed by atoms with van der Waals surface area (Å²) >= 11 is 1.36. The highest BCUT2D eigenvalue weighted by Crippen LogP contribution is 2.16. The summed E-state index contributed by atoms with van der Waals surface area (Å²) in [7, 11) is 4.07. The van der Waals surface area contributed by atoms with Gasteiger partial charge in [-0.3, -0.25) is 0 Å². The van der Waals surface area contributed by atoms with Gasteiger partial charge in [-0.05, 0) is 37.7 Å². The Morgan fingerprint density at radius 3 is 2.13 bits per heavy atom. The lowest BCUT2D eigenvalue weighted by atomic mass is 10.1. The molecule has 0 aromatic heterocycles. The van der Waals surface area contributed by atoms with Crippen LogP contribution in [0.1, 0.15) is 39.0 Å². The predicted octanol–water partition coefficient (Wildman–Crippen LogP) is 3.33. The van der Waals surface area contributed by atoms with Crippen LogP contribution in [0.3, 0.4) is 0 Å². The van der Waals surface area contributed by atoms with Crippen LogP contribution < -0.4 is 0 Å². The van der Waals surface area contributed by atoms with Crippen molar-refractivity contribution in [2.45, 2.75) is 39.0 Å². The van der Waals surface area contributed by atoms with Crippen LogP contribution in [-0.2, 0) is 4.18 Å². The van der Waals surface area contributed by atoms with Crippen molar-refractivity contribution in [1.29, 1.82) is 0 Å². The number of unbranched alkanes of at least 4 members (excludes halogenated alkanes) is 1. The molecule has 0 amide bonds. The number of piperidine rings is 1. The minimum Gasteiger partial charge on any atom is -0.326 e. The van der Waals surface area contributed by atoms with Crippen LogP contribution in [0.5, 0.6) is 0 Å². The van der Waals surface area contributed by atoms with Crippen molar-refractivity contribution in [2.75, 3.05) is 40.0 Å². The van der Waals surface area contributed by atoms with Gasteiger partial charge in [0.05, 0.1) is 33.8 Å². The summed E-state index contributed by atoms with van der Waals surface area (Å²) in [6.45, 7) is 6.56. The highest BCUT2D eigenvalue weighted by molar-refractivity contribution is 7.93. The highest BCUT2D eigenvalue weighted by Gasteiger charge is 2.23. The second-order valence-corrected chi connectivity index (χ2v) is 5.20. The third-order valence-corrected chi connectivity index (χ3v) is 3.45. The van der Waals surface area contributed by atoms with Crippen LogP contribution in [0.25, 0.3) is 0 Å². The van der Waals surface area contributed by atoms with Crippen LogP contribution >= 0.6 is 12.0 Å². The number of rotatable bonds is 4. The Balaban J connectivity index is 0.000000423. The summed E-state index contributed by atoms with van der Waals surface area (Å²) in [5, 5.41) is 0. The third-order valence-electron chi connectivity index (χ3n) is 3.11. The molecule has 3 heteroatoms. The average molecular weight is 234 g/mol. The van der Waals surface area contributed by atoms with Gasteiger partial charge in [0.25, 0.3) is 0 Å². The van der Waals surface area contributed by atoms with Gasteiger partial charge in [0.15, 0.2) is 0 Å². The molecule has 0 bridgehead atoms. The zero-order chi connectivity index (χ0) is 11.6. The van der Waals surface area contributed by atoms with E-state index < -0.39 is 0 Å². The molecular weight excluding hydrogens is 206 g/mol. The van der Waals surface area contributed by atoms with E-state index in [2.05, 4.69) is 18.2 Å². The Bertz CT molecular complexity index is 134. The Hall–Kier alpha value is 0.270. The van der Waals surface area contributed by atoms with E-state index in [1.807, 2.05) is 6.26 Å². The van der Waals surface area contributed by atoms with Crippen molar-refractivity contribution in [3.05, 3.63) is 0 Å². The lowest BCUT2D eigenvalue weighted by Crippen LogP contribution is -2.48. The molecule has 0 saturated carbocycles. The minimum atomic E-state index is 1.36. The standard InChI is InChI=1S/C10H22N.C2H6OS/c1-3-4-8-11(2)9-6-5-7-10-11;1-3-4-2/h3-10H2,1-2H3;1-2H3/q+1;. The predicted molar refractivity (Wildman–Crippen MR) is 70.1 cm³/mol. The molecule has 0 radical (unpaired) electrons. The van der Waals surface area contributed by atoms with Crippen molar-refractivity contribution < 1.29 is 8.67 Å². The summed E-state index contributed by atoms with van der Waals surface area (Å²) in [6.07, 6.45) is 9.03. The molecule has 2 nitrogen and oxygen atoms in total. The molecule has 0 aliphatic carbocycles. The van der Waals surface area contributed by atoms with E-state index in [0.29, 0.717) is 0 Å². The van der Waals surface area contributed by atoms with E-state index in [-0.39, 0.29) is 0 Å². The summed E-state index contributed by atoms with van der Waals surface area (Å²) < 4.78 is 5.81. The summed E-state index contributed by atoms with van der Waals surface area (Å²) in [5.74, 6) is 0. The molecule has 0 atom stereocenters. The molecule has 0 aromatic carbocycles. The lowest BCUT2D eigenvalue weighted by Gasteiger charge is -2.37. The fourth-order valence-corrected chi connectivity index (χ4v) is 2.04. The SMILES string of the molecule is CCCC[N+]1(C)CCCCC1.COSC. The lowest BCUT2D eigenvalue weighted by molar-refractivity contribution is -0.914. The maximum Gasteiger partial charge on any atom is 0.0784 e. The second-order valence-electron chi connectivity index (χ2n) is 4.54. The van der Waals surface area contributed by atoms with E-state index in [9.17, 15) is 0 Å². The average Bonchev–Trinajstić information content (AvgIpc) is 2.28. The molecule has 1 saturated heterocycles.